The van der Waals surface area contributed by atoms with Crippen LogP contribution in [0, 0.1) is 11.3 Å². The van der Waals surface area contributed by atoms with Crippen LogP contribution in [0.25, 0.3) is 0 Å². The molecule has 0 amide bonds. The lowest BCUT2D eigenvalue weighted by Crippen LogP contribution is -2.41. The van der Waals surface area contributed by atoms with Gasteiger partial charge in [-0.05, 0) is 60.3 Å². The summed E-state index contributed by atoms with van der Waals surface area (Å²) in [6.45, 7) is 15.6. The van der Waals surface area contributed by atoms with Crippen molar-refractivity contribution in [2.75, 3.05) is 13.2 Å². The molecular formula is C20H31BO6. The van der Waals surface area contributed by atoms with E-state index in [-0.39, 0.29) is 32.0 Å². The summed E-state index contributed by atoms with van der Waals surface area (Å²) in [6.07, 6.45) is 2.24. The monoisotopic (exact) mass is 378 g/mol. The number of hydrogen-bond acceptors (Lipinski definition) is 6. The third kappa shape index (κ3) is 3.99. The van der Waals surface area contributed by atoms with Crippen molar-refractivity contribution in [3.05, 3.63) is 24.2 Å². The lowest BCUT2D eigenvalue weighted by molar-refractivity contribution is -0.171. The Labute approximate surface area is 162 Å². The van der Waals surface area contributed by atoms with Gasteiger partial charge in [0, 0.05) is 0 Å². The first-order valence-corrected chi connectivity index (χ1v) is 9.56. The minimum atomic E-state index is -1.35. The first-order chi connectivity index (χ1) is 12.5. The molecule has 2 rings (SSSR count). The largest absolute Gasteiger partial charge is 0.487 e. The molecule has 0 spiro atoms. The molecule has 1 atom stereocenters. The Kier molecular flexibility index (Phi) is 6.27. The number of rotatable bonds is 6. The van der Waals surface area contributed by atoms with Crippen molar-refractivity contribution < 1.29 is 28.4 Å². The average molecular weight is 378 g/mol. The minimum absolute atomic E-state index is 0.155. The molecule has 0 N–H and O–H groups in total. The standard InChI is InChI=1S/C20H31BO6/c1-8-14-11-20(16(22)24-9-2,17(23)25-10-3)12-15(14)13-21-26-18(4,5)19(6,7)27-21/h8,13-14H,1,9-12H2,2-7H3/b15-13+. The first kappa shape index (κ1) is 21.7. The van der Waals surface area contributed by atoms with E-state index in [1.54, 1.807) is 19.9 Å². The van der Waals surface area contributed by atoms with Gasteiger partial charge in [0.2, 0.25) is 0 Å². The zero-order valence-electron chi connectivity index (χ0n) is 17.3. The van der Waals surface area contributed by atoms with E-state index in [2.05, 4.69) is 6.58 Å². The van der Waals surface area contributed by atoms with E-state index in [0.717, 1.165) is 5.57 Å². The van der Waals surface area contributed by atoms with Crippen LogP contribution in [0.5, 0.6) is 0 Å². The second kappa shape index (κ2) is 7.80. The molecule has 1 heterocycles. The van der Waals surface area contributed by atoms with Gasteiger partial charge in [-0.1, -0.05) is 17.6 Å². The van der Waals surface area contributed by atoms with Crippen LogP contribution in [0.2, 0.25) is 0 Å². The molecule has 0 bridgehead atoms. The molecular weight excluding hydrogens is 347 g/mol. The molecule has 150 valence electrons. The average Bonchev–Trinajstić information content (AvgIpc) is 3.03. The molecule has 0 aromatic heterocycles. The van der Waals surface area contributed by atoms with Crippen LogP contribution in [0.15, 0.2) is 24.2 Å². The molecule has 0 aromatic carbocycles. The highest BCUT2D eigenvalue weighted by Crippen LogP contribution is 2.48. The van der Waals surface area contributed by atoms with E-state index >= 15 is 0 Å². The molecule has 7 heteroatoms. The summed E-state index contributed by atoms with van der Waals surface area (Å²) >= 11 is 0. The van der Waals surface area contributed by atoms with Crippen molar-refractivity contribution in [2.45, 2.75) is 65.6 Å². The topological polar surface area (TPSA) is 71.1 Å². The Balaban J connectivity index is 2.34. The van der Waals surface area contributed by atoms with E-state index in [1.807, 2.05) is 33.7 Å². The predicted octanol–water partition coefficient (Wildman–Crippen LogP) is 3.25. The number of esters is 2. The zero-order valence-corrected chi connectivity index (χ0v) is 17.3. The van der Waals surface area contributed by atoms with E-state index in [9.17, 15) is 9.59 Å². The van der Waals surface area contributed by atoms with Crippen molar-refractivity contribution in [1.29, 1.82) is 0 Å². The third-order valence-electron chi connectivity index (χ3n) is 5.79. The SMILES string of the molecule is C=CC1CC(C(=O)OCC)(C(=O)OCC)C/C1=C\B1OC(C)(C)C(C)(C)O1. The van der Waals surface area contributed by atoms with Crippen LogP contribution in [0.3, 0.4) is 0 Å². The Morgan fingerprint density at radius 1 is 1.11 bits per heavy atom. The van der Waals surface area contributed by atoms with Gasteiger partial charge in [-0.15, -0.1) is 6.58 Å². The molecule has 1 unspecified atom stereocenters. The normalized spacial score (nSPS) is 26.8. The van der Waals surface area contributed by atoms with Crippen LogP contribution in [-0.4, -0.2) is 43.5 Å². The van der Waals surface area contributed by atoms with E-state index in [1.165, 1.54) is 0 Å². The van der Waals surface area contributed by atoms with Crippen molar-refractivity contribution in [3.8, 4) is 0 Å². The van der Waals surface area contributed by atoms with Crippen molar-refractivity contribution in [1.82, 2.24) is 0 Å². The van der Waals surface area contributed by atoms with Gasteiger partial charge in [0.15, 0.2) is 5.41 Å². The summed E-state index contributed by atoms with van der Waals surface area (Å²) in [6, 6.07) is 0. The summed E-state index contributed by atoms with van der Waals surface area (Å²) in [7, 11) is -0.548. The highest BCUT2D eigenvalue weighted by Gasteiger charge is 2.56. The van der Waals surface area contributed by atoms with Gasteiger partial charge in [-0.2, -0.15) is 0 Å². The van der Waals surface area contributed by atoms with Crippen LogP contribution < -0.4 is 0 Å². The van der Waals surface area contributed by atoms with Crippen LogP contribution in [0.1, 0.15) is 54.4 Å². The Bertz CT molecular complexity index is 602. The quantitative estimate of drug-likeness (QED) is 0.306. The molecule has 6 nitrogen and oxygen atoms in total. The van der Waals surface area contributed by atoms with Gasteiger partial charge < -0.3 is 18.8 Å². The van der Waals surface area contributed by atoms with Crippen molar-refractivity contribution >= 4 is 19.1 Å². The van der Waals surface area contributed by atoms with Gasteiger partial charge in [-0.25, -0.2) is 0 Å². The maximum Gasteiger partial charge on any atom is 0.487 e. The molecule has 1 aliphatic heterocycles. The number of carbonyl (C=O) groups excluding carboxylic acids is 2. The molecule has 2 aliphatic rings. The maximum absolute atomic E-state index is 12.7. The Hall–Kier alpha value is -1.60. The minimum Gasteiger partial charge on any atom is -0.465 e. The fourth-order valence-corrected chi connectivity index (χ4v) is 3.54. The number of hydrogen-bond donors (Lipinski definition) is 0. The molecule has 1 saturated heterocycles. The van der Waals surface area contributed by atoms with E-state index in [4.69, 9.17) is 18.8 Å². The summed E-state index contributed by atoms with van der Waals surface area (Å²) in [5.74, 6) is 0.612. The molecule has 0 aromatic rings. The molecule has 2 fully saturated rings. The lowest BCUT2D eigenvalue weighted by atomic mass is 9.82. The van der Waals surface area contributed by atoms with Gasteiger partial charge in [0.05, 0.1) is 24.4 Å². The molecule has 27 heavy (non-hydrogen) atoms. The van der Waals surface area contributed by atoms with E-state index < -0.39 is 35.7 Å². The highest BCUT2D eigenvalue weighted by atomic mass is 16.7. The summed E-state index contributed by atoms with van der Waals surface area (Å²) in [5.41, 5.74) is -1.39. The number of carbonyl (C=O) groups is 2. The maximum atomic E-state index is 12.7. The van der Waals surface area contributed by atoms with Crippen molar-refractivity contribution in [3.63, 3.8) is 0 Å². The fourth-order valence-electron chi connectivity index (χ4n) is 3.54. The molecule has 0 radical (unpaired) electrons. The Morgan fingerprint density at radius 2 is 1.59 bits per heavy atom. The summed E-state index contributed by atoms with van der Waals surface area (Å²) in [4.78, 5) is 25.4. The van der Waals surface area contributed by atoms with Crippen molar-refractivity contribution in [2.24, 2.45) is 11.3 Å². The molecule has 1 aliphatic carbocycles. The third-order valence-corrected chi connectivity index (χ3v) is 5.79. The van der Waals surface area contributed by atoms with Crippen LogP contribution in [0.4, 0.5) is 0 Å². The smallest absolute Gasteiger partial charge is 0.465 e. The number of allylic oxidation sites excluding steroid dienone is 2. The van der Waals surface area contributed by atoms with Crippen LogP contribution >= 0.6 is 0 Å². The summed E-state index contributed by atoms with van der Waals surface area (Å²) < 4.78 is 22.5. The van der Waals surface area contributed by atoms with Gasteiger partial charge in [0.1, 0.15) is 0 Å². The number of ether oxygens (including phenoxy) is 2. The second-order valence-electron chi connectivity index (χ2n) is 8.11. The Morgan fingerprint density at radius 3 is 2.00 bits per heavy atom. The lowest BCUT2D eigenvalue weighted by Gasteiger charge is -2.32. The van der Waals surface area contributed by atoms with Gasteiger partial charge in [0.25, 0.3) is 0 Å². The fraction of sp³-hybridized carbons (Fsp3) is 0.700. The summed E-state index contributed by atoms with van der Waals surface area (Å²) in [5, 5.41) is 0. The highest BCUT2D eigenvalue weighted by molar-refractivity contribution is 6.51. The van der Waals surface area contributed by atoms with Gasteiger partial charge >= 0.3 is 19.1 Å². The second-order valence-corrected chi connectivity index (χ2v) is 8.11. The zero-order chi connectivity index (χ0) is 20.5. The molecule has 1 saturated carbocycles. The van der Waals surface area contributed by atoms with Crippen LogP contribution in [-0.2, 0) is 28.4 Å². The first-order valence-electron chi connectivity index (χ1n) is 9.56. The predicted molar refractivity (Wildman–Crippen MR) is 103 cm³/mol. The van der Waals surface area contributed by atoms with Gasteiger partial charge in [-0.3, -0.25) is 9.59 Å². The van der Waals surface area contributed by atoms with E-state index in [0.29, 0.717) is 0 Å².